The van der Waals surface area contributed by atoms with E-state index in [-0.39, 0.29) is 18.1 Å². The molecule has 1 fully saturated rings. The highest BCUT2D eigenvalue weighted by molar-refractivity contribution is 5.98. The summed E-state index contributed by atoms with van der Waals surface area (Å²) in [4.78, 5) is 35.7. The molecule has 0 bridgehead atoms. The lowest BCUT2D eigenvalue weighted by molar-refractivity contribution is -0.137. The number of rotatable bonds is 7. The molecule has 0 spiro atoms. The average molecular weight is 289 g/mol. The van der Waals surface area contributed by atoms with Gasteiger partial charge >= 0.3 is 5.97 Å². The summed E-state index contributed by atoms with van der Waals surface area (Å²) < 4.78 is 0. The molecule has 0 aromatic heterocycles. The molecule has 1 N–H and O–H groups in total. The van der Waals surface area contributed by atoms with Crippen LogP contribution >= 0.6 is 0 Å². The number of aliphatic carboxylic acids is 1. The topological polar surface area (TPSA) is 74.7 Å². The predicted molar refractivity (Wildman–Crippen MR) is 78.5 cm³/mol. The number of carbonyl (C=O) groups is 3. The van der Waals surface area contributed by atoms with Crippen molar-refractivity contribution in [3.8, 4) is 0 Å². The van der Waals surface area contributed by atoms with Crippen LogP contribution in [0.2, 0.25) is 0 Å². The minimum absolute atomic E-state index is 0.0136. The van der Waals surface area contributed by atoms with Crippen molar-refractivity contribution in [3.63, 3.8) is 0 Å². The van der Waals surface area contributed by atoms with E-state index in [1.807, 2.05) is 0 Å². The summed E-state index contributed by atoms with van der Waals surface area (Å²) in [5, 5.41) is 8.53. The SMILES string of the molecule is O=C(O)CCCCC(=O)c1ccc(N2CCCC2=O)cc1. The molecule has 1 aliphatic rings. The lowest BCUT2D eigenvalue weighted by Crippen LogP contribution is -2.23. The fourth-order valence-electron chi connectivity index (χ4n) is 2.45. The second-order valence-corrected chi connectivity index (χ2v) is 5.22. The van der Waals surface area contributed by atoms with Crippen LogP contribution in [0.4, 0.5) is 5.69 Å². The van der Waals surface area contributed by atoms with Gasteiger partial charge in [0.15, 0.2) is 5.78 Å². The molecule has 1 aromatic rings. The molecule has 0 aliphatic carbocycles. The van der Waals surface area contributed by atoms with Crippen molar-refractivity contribution in [2.24, 2.45) is 0 Å². The van der Waals surface area contributed by atoms with Gasteiger partial charge in [-0.15, -0.1) is 0 Å². The van der Waals surface area contributed by atoms with Gasteiger partial charge in [0, 0.05) is 37.1 Å². The number of hydrogen-bond acceptors (Lipinski definition) is 3. The van der Waals surface area contributed by atoms with Gasteiger partial charge in [0.25, 0.3) is 0 Å². The van der Waals surface area contributed by atoms with Crippen molar-refractivity contribution in [1.29, 1.82) is 0 Å². The third kappa shape index (κ3) is 4.15. The number of ketones is 1. The number of Topliss-reactive ketones (excluding diaryl/α,β-unsaturated/α-hetero) is 1. The van der Waals surface area contributed by atoms with Crippen LogP contribution in [-0.2, 0) is 9.59 Å². The minimum atomic E-state index is -0.831. The fraction of sp³-hybridized carbons (Fsp3) is 0.438. The van der Waals surface area contributed by atoms with E-state index in [0.717, 1.165) is 18.7 Å². The summed E-state index contributed by atoms with van der Waals surface area (Å²) in [5.41, 5.74) is 1.45. The molecule has 112 valence electrons. The van der Waals surface area contributed by atoms with E-state index in [9.17, 15) is 14.4 Å². The Bertz CT molecular complexity index is 536. The molecular weight excluding hydrogens is 270 g/mol. The molecule has 1 aromatic carbocycles. The van der Waals surface area contributed by atoms with Crippen LogP contribution in [0.5, 0.6) is 0 Å². The highest BCUT2D eigenvalue weighted by Gasteiger charge is 2.21. The van der Waals surface area contributed by atoms with E-state index in [4.69, 9.17) is 5.11 Å². The molecule has 1 saturated heterocycles. The normalized spacial score (nSPS) is 14.5. The second-order valence-electron chi connectivity index (χ2n) is 5.22. The van der Waals surface area contributed by atoms with Crippen LogP contribution in [-0.4, -0.2) is 29.3 Å². The number of nitrogens with zero attached hydrogens (tertiary/aromatic N) is 1. The van der Waals surface area contributed by atoms with Crippen LogP contribution in [0, 0.1) is 0 Å². The quantitative estimate of drug-likeness (QED) is 0.618. The smallest absolute Gasteiger partial charge is 0.303 e. The molecule has 5 nitrogen and oxygen atoms in total. The van der Waals surface area contributed by atoms with Gasteiger partial charge in [-0.25, -0.2) is 0 Å². The van der Waals surface area contributed by atoms with Gasteiger partial charge in [-0.1, -0.05) is 0 Å². The maximum absolute atomic E-state index is 12.0. The summed E-state index contributed by atoms with van der Waals surface area (Å²) in [6, 6.07) is 7.07. The van der Waals surface area contributed by atoms with Crippen LogP contribution in [0.1, 0.15) is 48.9 Å². The van der Waals surface area contributed by atoms with Crippen LogP contribution < -0.4 is 4.90 Å². The van der Waals surface area contributed by atoms with Gasteiger partial charge in [-0.05, 0) is 43.5 Å². The zero-order chi connectivity index (χ0) is 15.2. The van der Waals surface area contributed by atoms with Crippen LogP contribution in [0.25, 0.3) is 0 Å². The Morgan fingerprint density at radius 3 is 2.33 bits per heavy atom. The number of carboxylic acid groups (broad SMARTS) is 1. The highest BCUT2D eigenvalue weighted by atomic mass is 16.4. The minimum Gasteiger partial charge on any atom is -0.481 e. The summed E-state index contributed by atoms with van der Waals surface area (Å²) in [7, 11) is 0. The summed E-state index contributed by atoms with van der Waals surface area (Å²) in [6.45, 7) is 0.737. The van der Waals surface area contributed by atoms with Gasteiger partial charge in [0.05, 0.1) is 0 Å². The molecule has 0 saturated carbocycles. The van der Waals surface area contributed by atoms with E-state index in [1.54, 1.807) is 29.2 Å². The first-order valence-corrected chi connectivity index (χ1v) is 7.23. The van der Waals surface area contributed by atoms with Gasteiger partial charge in [0.1, 0.15) is 0 Å². The van der Waals surface area contributed by atoms with Crippen molar-refractivity contribution >= 4 is 23.3 Å². The standard InChI is InChI=1S/C16H19NO4/c18-14(4-1-2-6-16(20)21)12-7-9-13(10-8-12)17-11-3-5-15(17)19/h7-10H,1-6,11H2,(H,20,21). The van der Waals surface area contributed by atoms with Crippen molar-refractivity contribution < 1.29 is 19.5 Å². The number of amides is 1. The molecule has 1 amide bonds. The predicted octanol–water partition coefficient (Wildman–Crippen LogP) is 2.64. The van der Waals surface area contributed by atoms with Gasteiger partial charge < -0.3 is 10.0 Å². The first-order valence-electron chi connectivity index (χ1n) is 7.23. The Morgan fingerprint density at radius 1 is 1.10 bits per heavy atom. The first-order chi connectivity index (χ1) is 10.1. The number of carboxylic acids is 1. The highest BCUT2D eigenvalue weighted by Crippen LogP contribution is 2.22. The lowest BCUT2D eigenvalue weighted by Gasteiger charge is -2.15. The number of unbranched alkanes of at least 4 members (excludes halogenated alkanes) is 1. The summed E-state index contributed by atoms with van der Waals surface area (Å²) >= 11 is 0. The number of benzene rings is 1. The van der Waals surface area contributed by atoms with Crippen molar-refractivity contribution in [2.75, 3.05) is 11.4 Å². The zero-order valence-electron chi connectivity index (χ0n) is 11.9. The number of anilines is 1. The Balaban J connectivity index is 1.88. The number of hydrogen-bond donors (Lipinski definition) is 1. The monoisotopic (exact) mass is 289 g/mol. The lowest BCUT2D eigenvalue weighted by atomic mass is 10.0. The van der Waals surface area contributed by atoms with Crippen LogP contribution in [0.3, 0.4) is 0 Å². The maximum atomic E-state index is 12.0. The first kappa shape index (κ1) is 15.2. The molecule has 2 rings (SSSR count). The average Bonchev–Trinajstić information content (AvgIpc) is 2.89. The van der Waals surface area contributed by atoms with Crippen molar-refractivity contribution in [3.05, 3.63) is 29.8 Å². The molecule has 0 atom stereocenters. The Morgan fingerprint density at radius 2 is 1.76 bits per heavy atom. The van der Waals surface area contributed by atoms with E-state index >= 15 is 0 Å². The molecule has 5 heteroatoms. The third-order valence-electron chi connectivity index (χ3n) is 3.62. The molecule has 1 heterocycles. The largest absolute Gasteiger partial charge is 0.481 e. The molecule has 0 unspecified atom stereocenters. The van der Waals surface area contributed by atoms with Crippen molar-refractivity contribution in [2.45, 2.75) is 38.5 Å². The fourth-order valence-corrected chi connectivity index (χ4v) is 2.45. The van der Waals surface area contributed by atoms with Gasteiger partial charge in [-0.3, -0.25) is 14.4 Å². The van der Waals surface area contributed by atoms with E-state index in [0.29, 0.717) is 31.2 Å². The third-order valence-corrected chi connectivity index (χ3v) is 3.62. The van der Waals surface area contributed by atoms with E-state index < -0.39 is 5.97 Å². The van der Waals surface area contributed by atoms with E-state index in [1.165, 1.54) is 0 Å². The molecular formula is C16H19NO4. The molecule has 1 aliphatic heterocycles. The van der Waals surface area contributed by atoms with Gasteiger partial charge in [0.2, 0.25) is 5.91 Å². The second kappa shape index (κ2) is 7.02. The number of carbonyl (C=O) groups excluding carboxylic acids is 2. The Kier molecular flexibility index (Phi) is 5.09. The Labute approximate surface area is 123 Å². The summed E-state index contributed by atoms with van der Waals surface area (Å²) in [5.74, 6) is -0.690. The molecule has 21 heavy (non-hydrogen) atoms. The molecule has 0 radical (unpaired) electrons. The van der Waals surface area contributed by atoms with Gasteiger partial charge in [-0.2, -0.15) is 0 Å². The van der Waals surface area contributed by atoms with E-state index in [2.05, 4.69) is 0 Å². The van der Waals surface area contributed by atoms with Crippen molar-refractivity contribution in [1.82, 2.24) is 0 Å². The summed E-state index contributed by atoms with van der Waals surface area (Å²) in [6.07, 6.45) is 3.02. The van der Waals surface area contributed by atoms with Crippen LogP contribution in [0.15, 0.2) is 24.3 Å². The Hall–Kier alpha value is -2.17. The maximum Gasteiger partial charge on any atom is 0.303 e. The zero-order valence-corrected chi connectivity index (χ0v) is 11.9.